The van der Waals surface area contributed by atoms with E-state index in [1.54, 1.807) is 0 Å². The Morgan fingerprint density at radius 1 is 1.47 bits per heavy atom. The molecule has 0 aromatic carbocycles. The first-order chi connectivity index (χ1) is 7.13. The maximum atomic E-state index is 11.2. The normalized spacial score (nSPS) is 25.7. The van der Waals surface area contributed by atoms with E-state index < -0.39 is 0 Å². The van der Waals surface area contributed by atoms with E-state index in [9.17, 15) is 4.79 Å². The SMILES string of the molecule is COC(=O)C(C)NC1CCCN(C)CC1. The largest absolute Gasteiger partial charge is 0.468 e. The van der Waals surface area contributed by atoms with Gasteiger partial charge in [-0.05, 0) is 46.3 Å². The number of hydrogen-bond acceptors (Lipinski definition) is 4. The Labute approximate surface area is 92.0 Å². The van der Waals surface area contributed by atoms with Gasteiger partial charge < -0.3 is 15.0 Å². The first-order valence-corrected chi connectivity index (χ1v) is 5.66. The second-order valence-electron chi connectivity index (χ2n) is 4.34. The second kappa shape index (κ2) is 6.08. The summed E-state index contributed by atoms with van der Waals surface area (Å²) in [5, 5.41) is 3.33. The number of ether oxygens (including phenoxy) is 1. The third kappa shape index (κ3) is 4.18. The van der Waals surface area contributed by atoms with Crippen LogP contribution in [0.2, 0.25) is 0 Å². The monoisotopic (exact) mass is 214 g/mol. The van der Waals surface area contributed by atoms with Gasteiger partial charge in [-0.25, -0.2) is 0 Å². The minimum Gasteiger partial charge on any atom is -0.468 e. The molecule has 1 aliphatic rings. The van der Waals surface area contributed by atoms with Crippen LogP contribution in [-0.2, 0) is 9.53 Å². The lowest BCUT2D eigenvalue weighted by Crippen LogP contribution is -2.42. The van der Waals surface area contributed by atoms with Crippen LogP contribution in [0.5, 0.6) is 0 Å². The van der Waals surface area contributed by atoms with Crippen LogP contribution in [0.15, 0.2) is 0 Å². The summed E-state index contributed by atoms with van der Waals surface area (Å²) >= 11 is 0. The molecule has 2 unspecified atom stereocenters. The van der Waals surface area contributed by atoms with Gasteiger partial charge in [-0.2, -0.15) is 0 Å². The Morgan fingerprint density at radius 3 is 2.87 bits per heavy atom. The van der Waals surface area contributed by atoms with Crippen molar-refractivity contribution in [3.8, 4) is 0 Å². The van der Waals surface area contributed by atoms with Gasteiger partial charge in [0, 0.05) is 6.04 Å². The maximum Gasteiger partial charge on any atom is 0.322 e. The highest BCUT2D eigenvalue weighted by Crippen LogP contribution is 2.10. The molecule has 2 atom stereocenters. The van der Waals surface area contributed by atoms with Gasteiger partial charge in [-0.1, -0.05) is 0 Å². The van der Waals surface area contributed by atoms with E-state index in [0.717, 1.165) is 25.9 Å². The average molecular weight is 214 g/mol. The van der Waals surface area contributed by atoms with E-state index in [2.05, 4.69) is 17.3 Å². The molecule has 1 N–H and O–H groups in total. The van der Waals surface area contributed by atoms with Crippen molar-refractivity contribution in [3.05, 3.63) is 0 Å². The predicted molar refractivity (Wildman–Crippen MR) is 59.7 cm³/mol. The summed E-state index contributed by atoms with van der Waals surface area (Å²) in [7, 11) is 3.58. The molecule has 0 aromatic rings. The Morgan fingerprint density at radius 2 is 2.20 bits per heavy atom. The summed E-state index contributed by atoms with van der Waals surface area (Å²) in [4.78, 5) is 13.6. The van der Waals surface area contributed by atoms with E-state index in [4.69, 9.17) is 4.74 Å². The van der Waals surface area contributed by atoms with Crippen LogP contribution in [-0.4, -0.2) is 50.2 Å². The molecule has 0 amide bonds. The fraction of sp³-hybridized carbons (Fsp3) is 0.909. The minimum atomic E-state index is -0.191. The third-order valence-corrected chi connectivity index (χ3v) is 2.99. The molecule has 0 aliphatic carbocycles. The molecule has 0 radical (unpaired) electrons. The predicted octanol–water partition coefficient (Wildman–Crippen LogP) is 0.622. The molecule has 1 heterocycles. The zero-order valence-electron chi connectivity index (χ0n) is 9.95. The Balaban J connectivity index is 2.34. The van der Waals surface area contributed by atoms with Crippen LogP contribution >= 0.6 is 0 Å². The van der Waals surface area contributed by atoms with Crippen molar-refractivity contribution in [2.45, 2.75) is 38.3 Å². The highest BCUT2D eigenvalue weighted by molar-refractivity contribution is 5.75. The van der Waals surface area contributed by atoms with Gasteiger partial charge >= 0.3 is 5.97 Å². The summed E-state index contributed by atoms with van der Waals surface area (Å²) in [5.41, 5.74) is 0. The van der Waals surface area contributed by atoms with Crippen molar-refractivity contribution < 1.29 is 9.53 Å². The topological polar surface area (TPSA) is 41.6 Å². The van der Waals surface area contributed by atoms with Crippen molar-refractivity contribution in [1.29, 1.82) is 0 Å². The zero-order chi connectivity index (χ0) is 11.3. The smallest absolute Gasteiger partial charge is 0.322 e. The number of nitrogens with one attached hydrogen (secondary N) is 1. The summed E-state index contributed by atoms with van der Waals surface area (Å²) in [5.74, 6) is -0.174. The molecule has 1 aliphatic heterocycles. The fourth-order valence-corrected chi connectivity index (χ4v) is 2.01. The first-order valence-electron chi connectivity index (χ1n) is 5.66. The number of likely N-dealkylation sites (tertiary alicyclic amines) is 1. The summed E-state index contributed by atoms with van der Waals surface area (Å²) < 4.78 is 4.69. The first kappa shape index (κ1) is 12.5. The Bertz CT molecular complexity index is 209. The lowest BCUT2D eigenvalue weighted by atomic mass is 10.1. The maximum absolute atomic E-state index is 11.2. The number of methoxy groups -OCH3 is 1. The minimum absolute atomic E-state index is 0.174. The van der Waals surface area contributed by atoms with Crippen molar-refractivity contribution in [3.63, 3.8) is 0 Å². The molecule has 88 valence electrons. The molecule has 0 spiro atoms. The number of esters is 1. The molecule has 0 bridgehead atoms. The molecule has 4 nitrogen and oxygen atoms in total. The summed E-state index contributed by atoms with van der Waals surface area (Å²) in [6.07, 6.45) is 3.45. The lowest BCUT2D eigenvalue weighted by molar-refractivity contribution is -0.142. The van der Waals surface area contributed by atoms with Crippen LogP contribution in [0.3, 0.4) is 0 Å². The average Bonchev–Trinajstić information content (AvgIpc) is 2.42. The number of nitrogens with zero attached hydrogens (tertiary/aromatic N) is 1. The van der Waals surface area contributed by atoms with Gasteiger partial charge in [0.25, 0.3) is 0 Å². The van der Waals surface area contributed by atoms with Crippen LogP contribution in [0.4, 0.5) is 0 Å². The van der Waals surface area contributed by atoms with E-state index in [0.29, 0.717) is 6.04 Å². The molecule has 4 heteroatoms. The summed E-state index contributed by atoms with van der Waals surface area (Å²) in [6.45, 7) is 4.12. The van der Waals surface area contributed by atoms with Crippen molar-refractivity contribution >= 4 is 5.97 Å². The van der Waals surface area contributed by atoms with Crippen LogP contribution in [0, 0.1) is 0 Å². The highest BCUT2D eigenvalue weighted by Gasteiger charge is 2.20. The number of rotatable bonds is 3. The Kier molecular flexibility index (Phi) is 5.05. The van der Waals surface area contributed by atoms with Crippen LogP contribution < -0.4 is 5.32 Å². The van der Waals surface area contributed by atoms with Gasteiger partial charge in [-0.3, -0.25) is 4.79 Å². The van der Waals surface area contributed by atoms with E-state index in [1.807, 2.05) is 6.92 Å². The van der Waals surface area contributed by atoms with Crippen LogP contribution in [0.1, 0.15) is 26.2 Å². The van der Waals surface area contributed by atoms with Crippen LogP contribution in [0.25, 0.3) is 0 Å². The number of carbonyl (C=O) groups is 1. The van der Waals surface area contributed by atoms with Gasteiger partial charge in [0.05, 0.1) is 7.11 Å². The van der Waals surface area contributed by atoms with Gasteiger partial charge in [0.1, 0.15) is 6.04 Å². The lowest BCUT2D eigenvalue weighted by Gasteiger charge is -2.20. The van der Waals surface area contributed by atoms with Crippen molar-refractivity contribution in [1.82, 2.24) is 10.2 Å². The number of hydrogen-bond donors (Lipinski definition) is 1. The fourth-order valence-electron chi connectivity index (χ4n) is 2.01. The molecule has 1 rings (SSSR count). The second-order valence-corrected chi connectivity index (χ2v) is 4.34. The quantitative estimate of drug-likeness (QED) is 0.699. The van der Waals surface area contributed by atoms with Crippen molar-refractivity contribution in [2.24, 2.45) is 0 Å². The van der Waals surface area contributed by atoms with E-state index in [1.165, 1.54) is 13.5 Å². The Hall–Kier alpha value is -0.610. The van der Waals surface area contributed by atoms with Crippen molar-refractivity contribution in [2.75, 3.05) is 27.2 Å². The molecule has 1 fully saturated rings. The van der Waals surface area contributed by atoms with E-state index >= 15 is 0 Å². The van der Waals surface area contributed by atoms with Gasteiger partial charge in [0.2, 0.25) is 0 Å². The molecule has 0 saturated carbocycles. The van der Waals surface area contributed by atoms with E-state index in [-0.39, 0.29) is 12.0 Å². The van der Waals surface area contributed by atoms with Gasteiger partial charge in [-0.15, -0.1) is 0 Å². The zero-order valence-corrected chi connectivity index (χ0v) is 9.95. The van der Waals surface area contributed by atoms with Gasteiger partial charge in [0.15, 0.2) is 0 Å². The molecular weight excluding hydrogens is 192 g/mol. The standard InChI is InChI=1S/C11H22N2O2/c1-9(11(14)15-3)12-10-5-4-7-13(2)8-6-10/h9-10,12H,4-8H2,1-3H3. The molecule has 15 heavy (non-hydrogen) atoms. The molecule has 0 aromatic heterocycles. The molecule has 1 saturated heterocycles. The highest BCUT2D eigenvalue weighted by atomic mass is 16.5. The molecular formula is C11H22N2O2. The summed E-state index contributed by atoms with van der Waals surface area (Å²) in [6, 6.07) is 0.257. The number of carbonyl (C=O) groups excluding carboxylic acids is 1. The third-order valence-electron chi connectivity index (χ3n) is 2.99.